The molecule has 0 unspecified atom stereocenters. The van der Waals surface area contributed by atoms with Crippen molar-refractivity contribution in [3.8, 4) is 5.69 Å². The van der Waals surface area contributed by atoms with Gasteiger partial charge in [-0.25, -0.2) is 4.68 Å². The van der Waals surface area contributed by atoms with E-state index >= 15 is 0 Å². The predicted molar refractivity (Wildman–Crippen MR) is 93.4 cm³/mol. The third-order valence-corrected chi connectivity index (χ3v) is 4.29. The molecule has 2 aromatic heterocycles. The minimum atomic E-state index is -0.213. The van der Waals surface area contributed by atoms with E-state index in [1.807, 2.05) is 36.5 Å². The molecule has 1 aliphatic rings. The fraction of sp³-hybridized carbons (Fsp3) is 0.211. The molecule has 0 spiro atoms. The minimum absolute atomic E-state index is 0.108. The second kappa shape index (κ2) is 6.86. The van der Waals surface area contributed by atoms with Gasteiger partial charge in [0.05, 0.1) is 36.7 Å². The predicted octanol–water partition coefficient (Wildman–Crippen LogP) is 2.91. The summed E-state index contributed by atoms with van der Waals surface area (Å²) in [6.45, 7) is 0.639. The number of nitrogens with zero attached hydrogens (tertiary/aromatic N) is 3. The van der Waals surface area contributed by atoms with Gasteiger partial charge in [0.15, 0.2) is 0 Å². The van der Waals surface area contributed by atoms with Gasteiger partial charge in [-0.2, -0.15) is 5.10 Å². The average Bonchev–Trinajstić information content (AvgIpc) is 3.17. The Hall–Kier alpha value is -2.99. The molecule has 25 heavy (non-hydrogen) atoms. The Balaban J connectivity index is 1.51. The topological polar surface area (TPSA) is 69.0 Å². The van der Waals surface area contributed by atoms with Crippen molar-refractivity contribution in [2.45, 2.75) is 18.9 Å². The van der Waals surface area contributed by atoms with Gasteiger partial charge >= 0.3 is 0 Å². The molecule has 0 saturated heterocycles. The number of benzene rings is 1. The second-order valence-corrected chi connectivity index (χ2v) is 5.90. The van der Waals surface area contributed by atoms with Crippen molar-refractivity contribution in [3.63, 3.8) is 0 Å². The molecule has 1 amide bonds. The molecule has 1 atom stereocenters. The standard InChI is InChI=1S/C19H18N4O2/c24-19(12-18-15-5-2-1-4-14(15)7-11-25-18)22-16-13-20-9-6-17(16)23-10-3-8-21-23/h1-6,8-10,13,18H,7,11-12H2,(H,22,24)/t18-/m0/s1. The number of ether oxygens (including phenoxy) is 1. The molecule has 3 heterocycles. The highest BCUT2D eigenvalue weighted by Gasteiger charge is 2.23. The van der Waals surface area contributed by atoms with E-state index in [1.165, 1.54) is 5.56 Å². The molecule has 126 valence electrons. The van der Waals surface area contributed by atoms with Crippen molar-refractivity contribution in [2.75, 3.05) is 11.9 Å². The SMILES string of the molecule is O=C(C[C@@H]1OCCc2ccccc21)Nc1cnccc1-n1cccn1. The van der Waals surface area contributed by atoms with Gasteiger partial charge < -0.3 is 10.1 Å². The van der Waals surface area contributed by atoms with Crippen molar-refractivity contribution in [3.05, 3.63) is 72.3 Å². The van der Waals surface area contributed by atoms with Crippen molar-refractivity contribution >= 4 is 11.6 Å². The first-order valence-corrected chi connectivity index (χ1v) is 8.24. The Morgan fingerprint density at radius 2 is 2.16 bits per heavy atom. The van der Waals surface area contributed by atoms with E-state index in [4.69, 9.17) is 4.74 Å². The lowest BCUT2D eigenvalue weighted by Gasteiger charge is -2.25. The molecule has 1 aliphatic heterocycles. The number of amides is 1. The molecule has 0 saturated carbocycles. The Morgan fingerprint density at radius 3 is 3.04 bits per heavy atom. The van der Waals surface area contributed by atoms with Crippen LogP contribution >= 0.6 is 0 Å². The van der Waals surface area contributed by atoms with Crippen molar-refractivity contribution in [1.82, 2.24) is 14.8 Å². The zero-order valence-electron chi connectivity index (χ0n) is 13.6. The number of nitrogens with one attached hydrogen (secondary N) is 1. The van der Waals surface area contributed by atoms with Crippen LogP contribution in [-0.4, -0.2) is 27.3 Å². The summed E-state index contributed by atoms with van der Waals surface area (Å²) in [6, 6.07) is 11.8. The van der Waals surface area contributed by atoms with E-state index in [9.17, 15) is 4.79 Å². The molecule has 1 aromatic carbocycles. The quantitative estimate of drug-likeness (QED) is 0.796. The molecule has 0 fully saturated rings. The van der Waals surface area contributed by atoms with Gasteiger partial charge in [-0.15, -0.1) is 0 Å². The van der Waals surface area contributed by atoms with Crippen molar-refractivity contribution < 1.29 is 9.53 Å². The van der Waals surface area contributed by atoms with Crippen LogP contribution in [-0.2, 0) is 16.0 Å². The average molecular weight is 334 g/mol. The van der Waals surface area contributed by atoms with Crippen LogP contribution in [0, 0.1) is 0 Å². The van der Waals surface area contributed by atoms with Gasteiger partial charge in [0.1, 0.15) is 0 Å². The number of rotatable bonds is 4. The summed E-state index contributed by atoms with van der Waals surface area (Å²) in [6.07, 6.45) is 7.77. The number of aromatic nitrogens is 3. The lowest BCUT2D eigenvalue weighted by molar-refractivity contribution is -0.119. The zero-order chi connectivity index (χ0) is 17.1. The van der Waals surface area contributed by atoms with Gasteiger partial charge in [0.2, 0.25) is 5.91 Å². The molecule has 0 aliphatic carbocycles. The maximum absolute atomic E-state index is 12.6. The third kappa shape index (κ3) is 3.29. The van der Waals surface area contributed by atoms with Crippen molar-refractivity contribution in [2.24, 2.45) is 0 Å². The molecule has 0 radical (unpaired) electrons. The van der Waals surface area contributed by atoms with Crippen LogP contribution < -0.4 is 5.32 Å². The highest BCUT2D eigenvalue weighted by molar-refractivity contribution is 5.93. The van der Waals surface area contributed by atoms with Crippen LogP contribution in [0.5, 0.6) is 0 Å². The third-order valence-electron chi connectivity index (χ3n) is 4.29. The van der Waals surface area contributed by atoms with E-state index in [0.29, 0.717) is 12.3 Å². The summed E-state index contributed by atoms with van der Waals surface area (Å²) in [7, 11) is 0. The van der Waals surface area contributed by atoms with E-state index in [-0.39, 0.29) is 18.4 Å². The molecule has 3 aromatic rings. The number of carbonyl (C=O) groups excluding carboxylic acids is 1. The summed E-state index contributed by atoms with van der Waals surface area (Å²) in [5.74, 6) is -0.108. The maximum Gasteiger partial charge on any atom is 0.227 e. The summed E-state index contributed by atoms with van der Waals surface area (Å²) >= 11 is 0. The van der Waals surface area contributed by atoms with Crippen molar-refractivity contribution in [1.29, 1.82) is 0 Å². The number of fused-ring (bicyclic) bond motifs is 1. The smallest absolute Gasteiger partial charge is 0.227 e. The Bertz CT molecular complexity index is 877. The number of carbonyl (C=O) groups is 1. The molecule has 1 N–H and O–H groups in total. The first-order chi connectivity index (χ1) is 12.3. The van der Waals surface area contributed by atoms with E-state index in [0.717, 1.165) is 17.7 Å². The molecule has 4 rings (SSSR count). The Morgan fingerprint density at radius 1 is 1.24 bits per heavy atom. The highest BCUT2D eigenvalue weighted by atomic mass is 16.5. The number of hydrogen-bond acceptors (Lipinski definition) is 4. The highest BCUT2D eigenvalue weighted by Crippen LogP contribution is 2.30. The summed E-state index contributed by atoms with van der Waals surface area (Å²) in [5, 5.41) is 7.15. The maximum atomic E-state index is 12.6. The summed E-state index contributed by atoms with van der Waals surface area (Å²) in [4.78, 5) is 16.7. The van der Waals surface area contributed by atoms with Gasteiger partial charge in [0, 0.05) is 18.6 Å². The molecular weight excluding hydrogens is 316 g/mol. The lowest BCUT2D eigenvalue weighted by Crippen LogP contribution is -2.22. The lowest BCUT2D eigenvalue weighted by atomic mass is 9.95. The molecule has 0 bridgehead atoms. The fourth-order valence-corrected chi connectivity index (χ4v) is 3.11. The minimum Gasteiger partial charge on any atom is -0.373 e. The van der Waals surface area contributed by atoms with Crippen LogP contribution in [0.1, 0.15) is 23.7 Å². The van der Waals surface area contributed by atoms with Gasteiger partial charge in [0.25, 0.3) is 0 Å². The normalized spacial score (nSPS) is 16.2. The van der Waals surface area contributed by atoms with Crippen LogP contribution in [0.15, 0.2) is 61.2 Å². The number of anilines is 1. The second-order valence-electron chi connectivity index (χ2n) is 5.90. The van der Waals surface area contributed by atoms with Crippen LogP contribution in [0.3, 0.4) is 0 Å². The Labute approximate surface area is 145 Å². The number of hydrogen-bond donors (Lipinski definition) is 1. The number of pyridine rings is 1. The first kappa shape index (κ1) is 15.5. The zero-order valence-corrected chi connectivity index (χ0v) is 13.6. The molecule has 6 heteroatoms. The van der Waals surface area contributed by atoms with Crippen LogP contribution in [0.25, 0.3) is 5.69 Å². The first-order valence-electron chi connectivity index (χ1n) is 8.24. The van der Waals surface area contributed by atoms with E-state index < -0.39 is 0 Å². The largest absolute Gasteiger partial charge is 0.373 e. The summed E-state index contributed by atoms with van der Waals surface area (Å²) < 4.78 is 7.52. The van der Waals surface area contributed by atoms with Crippen LogP contribution in [0.2, 0.25) is 0 Å². The fourth-order valence-electron chi connectivity index (χ4n) is 3.11. The summed E-state index contributed by atoms with van der Waals surface area (Å²) in [5.41, 5.74) is 3.76. The molecular formula is C19H18N4O2. The molecule has 6 nitrogen and oxygen atoms in total. The van der Waals surface area contributed by atoms with Gasteiger partial charge in [-0.3, -0.25) is 9.78 Å². The van der Waals surface area contributed by atoms with Crippen LogP contribution in [0.4, 0.5) is 5.69 Å². The van der Waals surface area contributed by atoms with Gasteiger partial charge in [-0.1, -0.05) is 24.3 Å². The monoisotopic (exact) mass is 334 g/mol. The van der Waals surface area contributed by atoms with E-state index in [1.54, 1.807) is 23.3 Å². The van der Waals surface area contributed by atoms with Gasteiger partial charge in [-0.05, 0) is 29.7 Å². The van der Waals surface area contributed by atoms with E-state index in [2.05, 4.69) is 21.5 Å². The Kier molecular flexibility index (Phi) is 4.26.